The molecule has 0 aliphatic heterocycles. The normalized spacial score (nSPS) is 15.0. The summed E-state index contributed by atoms with van der Waals surface area (Å²) in [6, 6.07) is 10.7. The summed E-state index contributed by atoms with van der Waals surface area (Å²) in [6.45, 7) is 8.01. The van der Waals surface area contributed by atoms with E-state index in [1.54, 1.807) is 0 Å². The number of aromatic nitrogens is 2. The van der Waals surface area contributed by atoms with Crippen LogP contribution < -0.4 is 0 Å². The summed E-state index contributed by atoms with van der Waals surface area (Å²) in [5, 5.41) is 13.8. The van der Waals surface area contributed by atoms with E-state index in [4.69, 9.17) is 0 Å². The lowest BCUT2D eigenvalue weighted by atomic mass is 9.85. The molecular weight excluding hydrogens is 298 g/mol. The SMILES string of the molecule is Cc1nn(CCO)c(C)c1CN(Cc1ccccc1)CC1CCC1. The summed E-state index contributed by atoms with van der Waals surface area (Å²) in [7, 11) is 0. The molecule has 1 N–H and O–H groups in total. The molecule has 2 aromatic rings. The third-order valence-corrected chi connectivity index (χ3v) is 5.22. The average Bonchev–Trinajstić information content (AvgIpc) is 2.80. The molecule has 130 valence electrons. The monoisotopic (exact) mass is 327 g/mol. The number of benzene rings is 1. The van der Waals surface area contributed by atoms with Gasteiger partial charge in [0.1, 0.15) is 0 Å². The van der Waals surface area contributed by atoms with Crippen LogP contribution in [0.2, 0.25) is 0 Å². The lowest BCUT2D eigenvalue weighted by Crippen LogP contribution is -2.32. The van der Waals surface area contributed by atoms with Gasteiger partial charge >= 0.3 is 0 Å². The molecule has 1 heterocycles. The molecule has 4 nitrogen and oxygen atoms in total. The van der Waals surface area contributed by atoms with Crippen molar-refractivity contribution in [1.82, 2.24) is 14.7 Å². The van der Waals surface area contributed by atoms with E-state index in [2.05, 4.69) is 54.2 Å². The van der Waals surface area contributed by atoms with Crippen LogP contribution in [0.1, 0.15) is 41.8 Å². The summed E-state index contributed by atoms with van der Waals surface area (Å²) >= 11 is 0. The second-order valence-corrected chi connectivity index (χ2v) is 7.05. The number of hydrogen-bond acceptors (Lipinski definition) is 3. The number of hydrogen-bond donors (Lipinski definition) is 1. The predicted octanol–water partition coefficient (Wildman–Crippen LogP) is 3.29. The maximum absolute atomic E-state index is 9.21. The average molecular weight is 327 g/mol. The first kappa shape index (κ1) is 17.2. The molecule has 1 aromatic carbocycles. The summed E-state index contributed by atoms with van der Waals surface area (Å²) in [5.41, 5.74) is 4.97. The van der Waals surface area contributed by atoms with Gasteiger partial charge in [0.05, 0.1) is 18.8 Å². The van der Waals surface area contributed by atoms with Gasteiger partial charge in [0.2, 0.25) is 0 Å². The van der Waals surface area contributed by atoms with Gasteiger partial charge < -0.3 is 5.11 Å². The fourth-order valence-electron chi connectivity index (χ4n) is 3.57. The van der Waals surface area contributed by atoms with Crippen LogP contribution in [0.3, 0.4) is 0 Å². The highest BCUT2D eigenvalue weighted by molar-refractivity contribution is 5.25. The summed E-state index contributed by atoms with van der Waals surface area (Å²) in [6.07, 6.45) is 4.12. The van der Waals surface area contributed by atoms with Crippen LogP contribution in [0, 0.1) is 19.8 Å². The lowest BCUT2D eigenvalue weighted by molar-refractivity contribution is 0.164. The second-order valence-electron chi connectivity index (χ2n) is 7.05. The lowest BCUT2D eigenvalue weighted by Gasteiger charge is -2.32. The molecule has 0 saturated heterocycles. The predicted molar refractivity (Wildman–Crippen MR) is 96.7 cm³/mol. The Labute approximate surface area is 145 Å². The van der Waals surface area contributed by atoms with Gasteiger partial charge in [-0.2, -0.15) is 5.10 Å². The molecule has 0 amide bonds. The topological polar surface area (TPSA) is 41.3 Å². The number of aryl methyl sites for hydroxylation is 1. The van der Waals surface area contributed by atoms with E-state index in [-0.39, 0.29) is 6.61 Å². The molecule has 4 heteroatoms. The first-order valence-electron chi connectivity index (χ1n) is 9.07. The molecule has 1 aliphatic rings. The minimum Gasteiger partial charge on any atom is -0.394 e. The number of aliphatic hydroxyl groups excluding tert-OH is 1. The Morgan fingerprint density at radius 1 is 1.17 bits per heavy atom. The van der Waals surface area contributed by atoms with Gasteiger partial charge in [0, 0.05) is 30.9 Å². The molecule has 1 saturated carbocycles. The van der Waals surface area contributed by atoms with E-state index in [1.165, 1.54) is 42.6 Å². The Bertz CT molecular complexity index is 646. The maximum atomic E-state index is 9.21. The molecule has 0 bridgehead atoms. The van der Waals surface area contributed by atoms with Crippen molar-refractivity contribution in [1.29, 1.82) is 0 Å². The Balaban J connectivity index is 1.75. The minimum absolute atomic E-state index is 0.136. The fourth-order valence-corrected chi connectivity index (χ4v) is 3.57. The highest BCUT2D eigenvalue weighted by Crippen LogP contribution is 2.28. The van der Waals surface area contributed by atoms with Gasteiger partial charge in [0.15, 0.2) is 0 Å². The van der Waals surface area contributed by atoms with Crippen molar-refractivity contribution < 1.29 is 5.11 Å². The first-order chi connectivity index (χ1) is 11.7. The molecule has 1 aromatic heterocycles. The van der Waals surface area contributed by atoms with Gasteiger partial charge in [-0.25, -0.2) is 0 Å². The van der Waals surface area contributed by atoms with Crippen molar-refractivity contribution in [2.75, 3.05) is 13.2 Å². The van der Waals surface area contributed by atoms with E-state index in [0.29, 0.717) is 6.54 Å². The molecule has 3 rings (SSSR count). The van der Waals surface area contributed by atoms with Crippen LogP contribution in [0.15, 0.2) is 30.3 Å². The molecule has 0 unspecified atom stereocenters. The van der Waals surface area contributed by atoms with E-state index in [1.807, 2.05) is 4.68 Å². The Morgan fingerprint density at radius 3 is 2.54 bits per heavy atom. The molecule has 0 atom stereocenters. The van der Waals surface area contributed by atoms with Crippen molar-refractivity contribution >= 4 is 0 Å². The summed E-state index contributed by atoms with van der Waals surface area (Å²) in [5.74, 6) is 0.849. The summed E-state index contributed by atoms with van der Waals surface area (Å²) in [4.78, 5) is 2.57. The maximum Gasteiger partial charge on any atom is 0.0644 e. The molecule has 0 radical (unpaired) electrons. The second kappa shape index (κ2) is 7.95. The van der Waals surface area contributed by atoms with Gasteiger partial charge in [0.25, 0.3) is 0 Å². The Kier molecular flexibility index (Phi) is 5.69. The fraction of sp³-hybridized carbons (Fsp3) is 0.550. The van der Waals surface area contributed by atoms with E-state index in [0.717, 1.165) is 24.7 Å². The van der Waals surface area contributed by atoms with Crippen LogP contribution in [0.25, 0.3) is 0 Å². The van der Waals surface area contributed by atoms with Crippen molar-refractivity contribution in [2.24, 2.45) is 5.92 Å². The molecule has 1 aliphatic carbocycles. The van der Waals surface area contributed by atoms with Crippen LogP contribution in [-0.2, 0) is 19.6 Å². The van der Waals surface area contributed by atoms with Crippen molar-refractivity contribution in [3.8, 4) is 0 Å². The summed E-state index contributed by atoms with van der Waals surface area (Å²) < 4.78 is 1.94. The Morgan fingerprint density at radius 2 is 1.92 bits per heavy atom. The van der Waals surface area contributed by atoms with Crippen LogP contribution in [0.5, 0.6) is 0 Å². The van der Waals surface area contributed by atoms with Gasteiger partial charge in [-0.1, -0.05) is 36.8 Å². The highest BCUT2D eigenvalue weighted by atomic mass is 16.3. The quantitative estimate of drug-likeness (QED) is 0.809. The highest BCUT2D eigenvalue weighted by Gasteiger charge is 2.22. The number of rotatable bonds is 8. The molecule has 1 fully saturated rings. The molecular formula is C20H29N3O. The van der Waals surface area contributed by atoms with Crippen molar-refractivity contribution in [2.45, 2.75) is 52.7 Å². The van der Waals surface area contributed by atoms with Gasteiger partial charge in [-0.15, -0.1) is 0 Å². The van der Waals surface area contributed by atoms with Gasteiger partial charge in [-0.05, 0) is 38.2 Å². The smallest absolute Gasteiger partial charge is 0.0644 e. The third-order valence-electron chi connectivity index (χ3n) is 5.22. The van der Waals surface area contributed by atoms with Crippen LogP contribution in [-0.4, -0.2) is 32.9 Å². The minimum atomic E-state index is 0.136. The largest absolute Gasteiger partial charge is 0.394 e. The first-order valence-corrected chi connectivity index (χ1v) is 9.07. The standard InChI is InChI=1S/C20H29N3O/c1-16-20(17(2)23(21-16)11-12-24)15-22(14-19-9-6-10-19)13-18-7-4-3-5-8-18/h3-5,7-8,19,24H,6,9-15H2,1-2H3. The number of aliphatic hydroxyl groups is 1. The van der Waals surface area contributed by atoms with Crippen molar-refractivity contribution in [3.63, 3.8) is 0 Å². The van der Waals surface area contributed by atoms with Gasteiger partial charge in [-0.3, -0.25) is 9.58 Å². The van der Waals surface area contributed by atoms with Crippen LogP contribution >= 0.6 is 0 Å². The van der Waals surface area contributed by atoms with Crippen LogP contribution in [0.4, 0.5) is 0 Å². The zero-order chi connectivity index (χ0) is 16.9. The Hall–Kier alpha value is -1.65. The van der Waals surface area contributed by atoms with E-state index in [9.17, 15) is 5.11 Å². The third kappa shape index (κ3) is 4.05. The van der Waals surface area contributed by atoms with E-state index >= 15 is 0 Å². The zero-order valence-corrected chi connectivity index (χ0v) is 14.9. The zero-order valence-electron chi connectivity index (χ0n) is 14.9. The number of nitrogens with zero attached hydrogens (tertiary/aromatic N) is 3. The van der Waals surface area contributed by atoms with E-state index < -0.39 is 0 Å². The van der Waals surface area contributed by atoms with Crippen molar-refractivity contribution in [3.05, 3.63) is 52.8 Å². The molecule has 24 heavy (non-hydrogen) atoms. The molecule has 0 spiro atoms.